The Balaban J connectivity index is 1.85. The fraction of sp³-hybridized carbons (Fsp3) is 0. The molecule has 0 saturated heterocycles. The predicted molar refractivity (Wildman–Crippen MR) is 77.1 cm³/mol. The quantitative estimate of drug-likeness (QED) is 0.754. The Bertz CT molecular complexity index is 611. The van der Waals surface area contributed by atoms with E-state index in [2.05, 4.69) is 30.6 Å². The molecule has 2 N–H and O–H groups in total. The standard InChI is InChI=1S/C14H12N6/c1-2-6-12(20-14-17-9-4-10-18-14)11(5-1)19-13-15-7-3-8-16-13/h1-10H,(H,15,16,19)(H,17,18,20). The van der Waals surface area contributed by atoms with E-state index in [0.29, 0.717) is 11.9 Å². The highest BCUT2D eigenvalue weighted by molar-refractivity contribution is 5.75. The van der Waals surface area contributed by atoms with Gasteiger partial charge in [-0.1, -0.05) is 12.1 Å². The number of anilines is 4. The molecule has 1 aromatic carbocycles. The summed E-state index contributed by atoms with van der Waals surface area (Å²) in [5, 5.41) is 6.30. The largest absolute Gasteiger partial charge is 0.322 e. The highest BCUT2D eigenvalue weighted by atomic mass is 15.1. The number of nitrogens with zero attached hydrogens (tertiary/aromatic N) is 4. The van der Waals surface area contributed by atoms with Gasteiger partial charge in [0.25, 0.3) is 0 Å². The molecule has 6 heteroatoms. The summed E-state index contributed by atoms with van der Waals surface area (Å²) in [6.45, 7) is 0. The van der Waals surface area contributed by atoms with Crippen molar-refractivity contribution in [2.75, 3.05) is 10.6 Å². The monoisotopic (exact) mass is 264 g/mol. The van der Waals surface area contributed by atoms with Crippen molar-refractivity contribution in [3.8, 4) is 0 Å². The van der Waals surface area contributed by atoms with Gasteiger partial charge in [0.2, 0.25) is 11.9 Å². The molecule has 0 unspecified atom stereocenters. The number of hydrogen-bond donors (Lipinski definition) is 2. The summed E-state index contributed by atoms with van der Waals surface area (Å²) in [4.78, 5) is 16.6. The van der Waals surface area contributed by atoms with Crippen LogP contribution in [0.25, 0.3) is 0 Å². The molecule has 0 fully saturated rings. The third kappa shape index (κ3) is 2.86. The Labute approximate surface area is 116 Å². The maximum absolute atomic E-state index is 4.14. The van der Waals surface area contributed by atoms with Crippen LogP contribution >= 0.6 is 0 Å². The molecule has 0 aliphatic carbocycles. The average Bonchev–Trinajstić information content (AvgIpc) is 2.51. The zero-order valence-electron chi connectivity index (χ0n) is 10.6. The lowest BCUT2D eigenvalue weighted by molar-refractivity contribution is 1.15. The van der Waals surface area contributed by atoms with Crippen molar-refractivity contribution in [2.45, 2.75) is 0 Å². The number of benzene rings is 1. The molecule has 0 bridgehead atoms. The van der Waals surface area contributed by atoms with Crippen LogP contribution in [-0.2, 0) is 0 Å². The van der Waals surface area contributed by atoms with Gasteiger partial charge >= 0.3 is 0 Å². The zero-order chi connectivity index (χ0) is 13.6. The number of hydrogen-bond acceptors (Lipinski definition) is 6. The minimum atomic E-state index is 0.538. The van der Waals surface area contributed by atoms with Gasteiger partial charge in [-0.15, -0.1) is 0 Å². The van der Waals surface area contributed by atoms with Crippen LogP contribution in [0, 0.1) is 0 Å². The van der Waals surface area contributed by atoms with Gasteiger partial charge in [0.05, 0.1) is 11.4 Å². The maximum atomic E-state index is 4.14. The van der Waals surface area contributed by atoms with E-state index < -0.39 is 0 Å². The van der Waals surface area contributed by atoms with Crippen molar-refractivity contribution in [2.24, 2.45) is 0 Å². The summed E-state index contributed by atoms with van der Waals surface area (Å²) in [5.41, 5.74) is 1.71. The van der Waals surface area contributed by atoms with Gasteiger partial charge in [0, 0.05) is 24.8 Å². The third-order valence-electron chi connectivity index (χ3n) is 2.55. The SMILES string of the molecule is c1cnc(Nc2ccccc2Nc2ncccn2)nc1. The maximum Gasteiger partial charge on any atom is 0.227 e. The molecule has 3 aromatic rings. The number of nitrogens with one attached hydrogen (secondary N) is 2. The molecule has 0 spiro atoms. The van der Waals surface area contributed by atoms with Crippen molar-refractivity contribution in [3.63, 3.8) is 0 Å². The first-order chi connectivity index (χ1) is 9.92. The van der Waals surface area contributed by atoms with Crippen LogP contribution in [-0.4, -0.2) is 19.9 Å². The predicted octanol–water partition coefficient (Wildman–Crippen LogP) is 2.75. The van der Waals surface area contributed by atoms with Gasteiger partial charge in [-0.3, -0.25) is 0 Å². The van der Waals surface area contributed by atoms with Crippen LogP contribution < -0.4 is 10.6 Å². The lowest BCUT2D eigenvalue weighted by Gasteiger charge is -2.11. The van der Waals surface area contributed by atoms with Gasteiger partial charge in [-0.2, -0.15) is 0 Å². The van der Waals surface area contributed by atoms with Gasteiger partial charge < -0.3 is 10.6 Å². The van der Waals surface area contributed by atoms with E-state index in [1.807, 2.05) is 24.3 Å². The molecule has 0 saturated carbocycles. The summed E-state index contributed by atoms with van der Waals surface area (Å²) < 4.78 is 0. The van der Waals surface area contributed by atoms with Crippen molar-refractivity contribution in [1.29, 1.82) is 0 Å². The molecular formula is C14H12N6. The molecule has 3 rings (SSSR count). The fourth-order valence-corrected chi connectivity index (χ4v) is 1.67. The highest BCUT2D eigenvalue weighted by Gasteiger charge is 2.04. The van der Waals surface area contributed by atoms with E-state index in [-0.39, 0.29) is 0 Å². The molecule has 0 atom stereocenters. The molecular weight excluding hydrogens is 252 g/mol. The summed E-state index contributed by atoms with van der Waals surface area (Å²) in [6.07, 6.45) is 6.74. The van der Waals surface area contributed by atoms with Crippen LogP contribution in [0.2, 0.25) is 0 Å². The van der Waals surface area contributed by atoms with Crippen LogP contribution in [0.4, 0.5) is 23.3 Å². The molecule has 6 nitrogen and oxygen atoms in total. The van der Waals surface area contributed by atoms with Crippen molar-refractivity contribution in [3.05, 3.63) is 61.2 Å². The van der Waals surface area contributed by atoms with Crippen LogP contribution in [0.3, 0.4) is 0 Å². The van der Waals surface area contributed by atoms with Gasteiger partial charge in [0.1, 0.15) is 0 Å². The lowest BCUT2D eigenvalue weighted by atomic mass is 10.2. The zero-order valence-corrected chi connectivity index (χ0v) is 10.6. The van der Waals surface area contributed by atoms with Gasteiger partial charge in [-0.05, 0) is 24.3 Å². The van der Waals surface area contributed by atoms with Crippen LogP contribution in [0.1, 0.15) is 0 Å². The Morgan fingerprint density at radius 2 is 0.950 bits per heavy atom. The second-order valence-electron chi connectivity index (χ2n) is 3.94. The van der Waals surface area contributed by atoms with E-state index in [1.54, 1.807) is 36.9 Å². The Kier molecular flexibility index (Phi) is 3.46. The molecule has 0 amide bonds. The van der Waals surface area contributed by atoms with E-state index in [1.165, 1.54) is 0 Å². The number of aromatic nitrogens is 4. The van der Waals surface area contributed by atoms with E-state index in [9.17, 15) is 0 Å². The molecule has 0 aliphatic rings. The van der Waals surface area contributed by atoms with Gasteiger partial charge in [-0.25, -0.2) is 19.9 Å². The Morgan fingerprint density at radius 3 is 1.35 bits per heavy atom. The first-order valence-corrected chi connectivity index (χ1v) is 6.09. The highest BCUT2D eigenvalue weighted by Crippen LogP contribution is 2.25. The van der Waals surface area contributed by atoms with Crippen molar-refractivity contribution >= 4 is 23.3 Å². The second-order valence-corrected chi connectivity index (χ2v) is 3.94. The first kappa shape index (κ1) is 12.0. The van der Waals surface area contributed by atoms with Crippen molar-refractivity contribution in [1.82, 2.24) is 19.9 Å². The number of rotatable bonds is 4. The summed E-state index contributed by atoms with van der Waals surface area (Å²) >= 11 is 0. The van der Waals surface area contributed by atoms with Crippen LogP contribution in [0.5, 0.6) is 0 Å². The van der Waals surface area contributed by atoms with E-state index >= 15 is 0 Å². The fourth-order valence-electron chi connectivity index (χ4n) is 1.67. The summed E-state index contributed by atoms with van der Waals surface area (Å²) in [6, 6.07) is 11.3. The molecule has 2 heterocycles. The van der Waals surface area contributed by atoms with Crippen LogP contribution in [0.15, 0.2) is 61.2 Å². The third-order valence-corrected chi connectivity index (χ3v) is 2.55. The number of para-hydroxylation sites is 2. The molecule has 2 aromatic heterocycles. The normalized spacial score (nSPS) is 10.0. The summed E-state index contributed by atoms with van der Waals surface area (Å²) in [5.74, 6) is 1.08. The van der Waals surface area contributed by atoms with Gasteiger partial charge in [0.15, 0.2) is 0 Å². The Morgan fingerprint density at radius 1 is 0.550 bits per heavy atom. The minimum Gasteiger partial charge on any atom is -0.322 e. The molecule has 20 heavy (non-hydrogen) atoms. The van der Waals surface area contributed by atoms with E-state index in [0.717, 1.165) is 11.4 Å². The molecule has 98 valence electrons. The molecule has 0 radical (unpaired) electrons. The smallest absolute Gasteiger partial charge is 0.227 e. The minimum absolute atomic E-state index is 0.538. The lowest BCUT2D eigenvalue weighted by Crippen LogP contribution is -2.01. The average molecular weight is 264 g/mol. The Hall–Kier alpha value is -3.02. The van der Waals surface area contributed by atoms with Crippen molar-refractivity contribution < 1.29 is 0 Å². The topological polar surface area (TPSA) is 75.6 Å². The van der Waals surface area contributed by atoms with E-state index in [4.69, 9.17) is 0 Å². The summed E-state index contributed by atoms with van der Waals surface area (Å²) in [7, 11) is 0. The first-order valence-electron chi connectivity index (χ1n) is 6.09. The second kappa shape index (κ2) is 5.75. The molecule has 0 aliphatic heterocycles.